The lowest BCUT2D eigenvalue weighted by Gasteiger charge is -2.03. The lowest BCUT2D eigenvalue weighted by atomic mass is 10.2. The highest BCUT2D eigenvalue weighted by Crippen LogP contribution is 2.19. The highest BCUT2D eigenvalue weighted by molar-refractivity contribution is 7.08. The number of rotatable bonds is 6. The van der Waals surface area contributed by atoms with Gasteiger partial charge in [0.1, 0.15) is 0 Å². The Morgan fingerprint density at radius 2 is 2.08 bits per heavy atom. The molecule has 9 heteroatoms. The van der Waals surface area contributed by atoms with Gasteiger partial charge in [0.25, 0.3) is 5.69 Å². The smallest absolute Gasteiger partial charge is 0.269 e. The number of carbonyl (C=O) groups is 1. The Bertz CT molecular complexity index is 843. The maximum Gasteiger partial charge on any atom is 0.269 e. The molecular formula is C15H12N4O4S. The number of aryl methyl sites for hydroxylation is 1. The first kappa shape index (κ1) is 15.8. The number of non-ortho nitro benzene ring substituents is 1. The van der Waals surface area contributed by atoms with E-state index >= 15 is 0 Å². The summed E-state index contributed by atoms with van der Waals surface area (Å²) in [5.41, 5.74) is 1.35. The molecule has 1 amide bonds. The lowest BCUT2D eigenvalue weighted by molar-refractivity contribution is -0.384. The molecule has 0 spiro atoms. The van der Waals surface area contributed by atoms with Crippen LogP contribution in [-0.2, 0) is 11.2 Å². The van der Waals surface area contributed by atoms with Crippen LogP contribution in [0, 0.1) is 10.1 Å². The van der Waals surface area contributed by atoms with Crippen molar-refractivity contribution in [1.82, 2.24) is 10.1 Å². The molecule has 0 aliphatic heterocycles. The highest BCUT2D eigenvalue weighted by Gasteiger charge is 2.11. The lowest BCUT2D eigenvalue weighted by Crippen LogP contribution is -2.12. The number of benzene rings is 1. The summed E-state index contributed by atoms with van der Waals surface area (Å²) in [7, 11) is 0. The van der Waals surface area contributed by atoms with E-state index in [0.29, 0.717) is 23.8 Å². The molecule has 0 saturated heterocycles. The number of carbonyl (C=O) groups excluding carboxylic acids is 1. The van der Waals surface area contributed by atoms with Gasteiger partial charge in [-0.25, -0.2) is 0 Å². The second-order valence-electron chi connectivity index (χ2n) is 4.88. The zero-order valence-electron chi connectivity index (χ0n) is 12.3. The first-order valence-electron chi connectivity index (χ1n) is 7.01. The maximum atomic E-state index is 11.9. The molecule has 8 nitrogen and oxygen atoms in total. The molecule has 24 heavy (non-hydrogen) atoms. The average molecular weight is 344 g/mol. The average Bonchev–Trinajstić information content (AvgIpc) is 3.25. The summed E-state index contributed by atoms with van der Waals surface area (Å²) in [6.45, 7) is 0. The van der Waals surface area contributed by atoms with Gasteiger partial charge in [-0.15, -0.1) is 0 Å². The number of thiophene rings is 1. The number of nitro benzene ring substituents is 1. The zero-order chi connectivity index (χ0) is 16.9. The van der Waals surface area contributed by atoms with E-state index < -0.39 is 4.92 Å². The summed E-state index contributed by atoms with van der Waals surface area (Å²) in [5.74, 6) is 0.649. The van der Waals surface area contributed by atoms with Crippen LogP contribution < -0.4 is 5.32 Å². The predicted molar refractivity (Wildman–Crippen MR) is 87.7 cm³/mol. The van der Waals surface area contributed by atoms with Crippen molar-refractivity contribution in [2.45, 2.75) is 12.8 Å². The van der Waals surface area contributed by atoms with Gasteiger partial charge in [-0.3, -0.25) is 14.9 Å². The summed E-state index contributed by atoms with van der Waals surface area (Å²) in [5, 5.41) is 20.9. The molecule has 122 valence electrons. The number of hydrogen-bond acceptors (Lipinski definition) is 7. The van der Waals surface area contributed by atoms with Gasteiger partial charge >= 0.3 is 0 Å². The Labute approximate surface area is 140 Å². The molecular weight excluding hydrogens is 332 g/mol. The van der Waals surface area contributed by atoms with Crippen LogP contribution in [-0.4, -0.2) is 21.0 Å². The Kier molecular flexibility index (Phi) is 4.62. The summed E-state index contributed by atoms with van der Waals surface area (Å²) in [4.78, 5) is 26.2. The van der Waals surface area contributed by atoms with Gasteiger partial charge in [0.05, 0.1) is 4.92 Å². The quantitative estimate of drug-likeness (QED) is 0.542. The standard InChI is InChI=1S/C15H12N4O4S/c20-13(16-11-1-3-12(4-2-11)19(21)22)5-6-14-17-15(18-23-14)10-7-8-24-9-10/h1-4,7-9H,5-6H2,(H,16,20). The van der Waals surface area contributed by atoms with Crippen LogP contribution in [0.3, 0.4) is 0 Å². The van der Waals surface area contributed by atoms with E-state index in [0.717, 1.165) is 5.56 Å². The predicted octanol–water partition coefficient (Wildman–Crippen LogP) is 3.28. The van der Waals surface area contributed by atoms with Gasteiger partial charge in [0.15, 0.2) is 0 Å². The van der Waals surface area contributed by atoms with E-state index in [1.165, 1.54) is 35.6 Å². The minimum Gasteiger partial charge on any atom is -0.339 e. The normalized spacial score (nSPS) is 10.5. The molecule has 3 aromatic rings. The van der Waals surface area contributed by atoms with Gasteiger partial charge in [-0.2, -0.15) is 16.3 Å². The van der Waals surface area contributed by atoms with Crippen molar-refractivity contribution < 1.29 is 14.2 Å². The number of hydrogen-bond donors (Lipinski definition) is 1. The zero-order valence-corrected chi connectivity index (χ0v) is 13.2. The molecule has 2 heterocycles. The number of nitrogens with one attached hydrogen (secondary N) is 1. The van der Waals surface area contributed by atoms with Crippen LogP contribution >= 0.6 is 11.3 Å². The SMILES string of the molecule is O=C(CCc1nc(-c2ccsc2)no1)Nc1ccc([N+](=O)[O-])cc1. The minimum absolute atomic E-state index is 0.0279. The summed E-state index contributed by atoms with van der Waals surface area (Å²) < 4.78 is 5.12. The van der Waals surface area contributed by atoms with E-state index in [1.54, 1.807) is 0 Å². The number of aromatic nitrogens is 2. The Balaban J connectivity index is 1.53. The van der Waals surface area contributed by atoms with Crippen LogP contribution in [0.1, 0.15) is 12.3 Å². The van der Waals surface area contributed by atoms with Crippen LogP contribution in [0.5, 0.6) is 0 Å². The van der Waals surface area contributed by atoms with Gasteiger partial charge in [0, 0.05) is 41.6 Å². The topological polar surface area (TPSA) is 111 Å². The van der Waals surface area contributed by atoms with Crippen molar-refractivity contribution in [2.75, 3.05) is 5.32 Å². The summed E-state index contributed by atoms with van der Waals surface area (Å²) in [6.07, 6.45) is 0.484. The van der Waals surface area contributed by atoms with Crippen molar-refractivity contribution in [1.29, 1.82) is 0 Å². The highest BCUT2D eigenvalue weighted by atomic mass is 32.1. The van der Waals surface area contributed by atoms with Crippen molar-refractivity contribution >= 4 is 28.6 Å². The first-order valence-corrected chi connectivity index (χ1v) is 7.95. The third kappa shape index (κ3) is 3.82. The fourth-order valence-electron chi connectivity index (χ4n) is 1.98. The first-order chi connectivity index (χ1) is 11.6. The molecule has 0 aliphatic rings. The summed E-state index contributed by atoms with van der Waals surface area (Å²) in [6, 6.07) is 7.52. The van der Waals surface area contributed by atoms with E-state index in [9.17, 15) is 14.9 Å². The second-order valence-corrected chi connectivity index (χ2v) is 5.66. The van der Waals surface area contributed by atoms with E-state index in [4.69, 9.17) is 4.52 Å². The van der Waals surface area contributed by atoms with Crippen molar-refractivity contribution in [3.8, 4) is 11.4 Å². The minimum atomic E-state index is -0.494. The number of amides is 1. The fraction of sp³-hybridized carbons (Fsp3) is 0.133. The molecule has 0 atom stereocenters. The van der Waals surface area contributed by atoms with Gasteiger partial charge in [-0.1, -0.05) is 5.16 Å². The van der Waals surface area contributed by atoms with Crippen molar-refractivity contribution in [3.63, 3.8) is 0 Å². The van der Waals surface area contributed by atoms with Crippen molar-refractivity contribution in [2.24, 2.45) is 0 Å². The van der Waals surface area contributed by atoms with E-state index in [1.807, 2.05) is 16.8 Å². The van der Waals surface area contributed by atoms with Crippen LogP contribution in [0.2, 0.25) is 0 Å². The number of anilines is 1. The number of nitro groups is 1. The van der Waals surface area contributed by atoms with Crippen LogP contribution in [0.15, 0.2) is 45.6 Å². The molecule has 1 N–H and O–H groups in total. The summed E-state index contributed by atoms with van der Waals surface area (Å²) >= 11 is 1.54. The Morgan fingerprint density at radius 3 is 2.75 bits per heavy atom. The van der Waals surface area contributed by atoms with Gasteiger partial charge in [-0.05, 0) is 23.6 Å². The van der Waals surface area contributed by atoms with Gasteiger partial charge in [0.2, 0.25) is 17.6 Å². The Hall–Kier alpha value is -3.07. The maximum absolute atomic E-state index is 11.9. The third-order valence-electron chi connectivity index (χ3n) is 3.18. The molecule has 0 saturated carbocycles. The molecule has 2 aromatic heterocycles. The molecule has 0 aliphatic carbocycles. The van der Waals surface area contributed by atoms with Crippen LogP contribution in [0.25, 0.3) is 11.4 Å². The molecule has 3 rings (SSSR count). The Morgan fingerprint density at radius 1 is 1.29 bits per heavy atom. The second kappa shape index (κ2) is 7.01. The van der Waals surface area contributed by atoms with E-state index in [-0.39, 0.29) is 18.0 Å². The molecule has 1 aromatic carbocycles. The molecule has 0 unspecified atom stereocenters. The molecule has 0 radical (unpaired) electrons. The molecule has 0 bridgehead atoms. The van der Waals surface area contributed by atoms with Gasteiger partial charge < -0.3 is 9.84 Å². The van der Waals surface area contributed by atoms with Crippen molar-refractivity contribution in [3.05, 3.63) is 57.1 Å². The molecule has 0 fully saturated rings. The number of nitrogens with zero attached hydrogens (tertiary/aromatic N) is 3. The largest absolute Gasteiger partial charge is 0.339 e. The monoisotopic (exact) mass is 344 g/mol. The van der Waals surface area contributed by atoms with Crippen LogP contribution in [0.4, 0.5) is 11.4 Å². The fourth-order valence-corrected chi connectivity index (χ4v) is 2.61. The third-order valence-corrected chi connectivity index (χ3v) is 3.86. The van der Waals surface area contributed by atoms with E-state index in [2.05, 4.69) is 15.5 Å².